The first kappa shape index (κ1) is 23.9. The predicted octanol–water partition coefficient (Wildman–Crippen LogP) is 3.37. The van der Waals surface area contributed by atoms with E-state index in [1.807, 2.05) is 37.3 Å². The van der Waals surface area contributed by atoms with Gasteiger partial charge in [-0.3, -0.25) is 4.79 Å². The molecule has 1 heterocycles. The van der Waals surface area contributed by atoms with Crippen LogP contribution in [0.25, 0.3) is 11.1 Å². The van der Waals surface area contributed by atoms with E-state index < -0.39 is 28.2 Å². The van der Waals surface area contributed by atoms with E-state index in [1.54, 1.807) is 30.0 Å². The van der Waals surface area contributed by atoms with Crippen molar-refractivity contribution in [3.8, 4) is 11.1 Å². The zero-order valence-electron chi connectivity index (χ0n) is 19.3. The summed E-state index contributed by atoms with van der Waals surface area (Å²) in [6.07, 6.45) is 2.35. The van der Waals surface area contributed by atoms with Crippen molar-refractivity contribution in [2.75, 3.05) is 19.4 Å². The van der Waals surface area contributed by atoms with E-state index in [1.165, 1.54) is 0 Å². The molecule has 1 aliphatic carbocycles. The van der Waals surface area contributed by atoms with Gasteiger partial charge in [0.2, 0.25) is 10.0 Å². The normalized spacial score (nSPS) is 22.5. The number of rotatable bonds is 8. The summed E-state index contributed by atoms with van der Waals surface area (Å²) < 4.78 is 48.4. The van der Waals surface area contributed by atoms with Crippen molar-refractivity contribution in [1.82, 2.24) is 9.62 Å². The molecular formula is C25H31FN2O4S. The van der Waals surface area contributed by atoms with Gasteiger partial charge in [0.25, 0.3) is 5.91 Å². The van der Waals surface area contributed by atoms with Crippen molar-refractivity contribution >= 4 is 15.9 Å². The van der Waals surface area contributed by atoms with Gasteiger partial charge in [-0.25, -0.2) is 17.5 Å². The zero-order valence-corrected chi connectivity index (χ0v) is 20.1. The summed E-state index contributed by atoms with van der Waals surface area (Å²) >= 11 is 0. The lowest BCUT2D eigenvalue weighted by Crippen LogP contribution is -2.51. The van der Waals surface area contributed by atoms with E-state index in [-0.39, 0.29) is 23.6 Å². The summed E-state index contributed by atoms with van der Waals surface area (Å²) in [5, 5.41) is 0. The number of halogens is 1. The van der Waals surface area contributed by atoms with Crippen LogP contribution in [0.2, 0.25) is 0 Å². The molecule has 1 saturated heterocycles. The number of carbonyl (C=O) groups is 1. The lowest BCUT2D eigenvalue weighted by molar-refractivity contribution is -0.143. The fourth-order valence-corrected chi connectivity index (χ4v) is 5.90. The van der Waals surface area contributed by atoms with Crippen LogP contribution in [0, 0.1) is 11.2 Å². The minimum atomic E-state index is -3.52. The Morgan fingerprint density at radius 3 is 2.52 bits per heavy atom. The number of benzene rings is 2. The minimum Gasteiger partial charge on any atom is -0.369 e. The van der Waals surface area contributed by atoms with Gasteiger partial charge >= 0.3 is 0 Å². The molecule has 1 aliphatic heterocycles. The first-order chi connectivity index (χ1) is 15.6. The van der Waals surface area contributed by atoms with Gasteiger partial charge in [-0.05, 0) is 44.2 Å². The highest BCUT2D eigenvalue weighted by molar-refractivity contribution is 7.88. The number of sulfonamides is 1. The Bertz CT molecular complexity index is 1120. The molecule has 1 N–H and O–H groups in total. The smallest absolute Gasteiger partial charge is 0.251 e. The Morgan fingerprint density at radius 1 is 1.21 bits per heavy atom. The fourth-order valence-electron chi connectivity index (χ4n) is 5.03. The third-order valence-electron chi connectivity index (χ3n) is 6.80. The minimum absolute atomic E-state index is 0.189. The van der Waals surface area contributed by atoms with Crippen LogP contribution in [-0.2, 0) is 26.0 Å². The molecule has 2 aliphatic rings. The number of amides is 1. The molecule has 3 atom stereocenters. The van der Waals surface area contributed by atoms with Gasteiger partial charge in [-0.2, -0.15) is 0 Å². The quantitative estimate of drug-likeness (QED) is 0.637. The van der Waals surface area contributed by atoms with E-state index in [0.717, 1.165) is 24.7 Å². The molecule has 2 fully saturated rings. The topological polar surface area (TPSA) is 75.7 Å². The highest BCUT2D eigenvalue weighted by Crippen LogP contribution is 2.55. The second-order valence-electron chi connectivity index (χ2n) is 9.21. The molecule has 0 aromatic heterocycles. The van der Waals surface area contributed by atoms with Gasteiger partial charge in [-0.1, -0.05) is 48.5 Å². The largest absolute Gasteiger partial charge is 0.369 e. The van der Waals surface area contributed by atoms with Gasteiger partial charge in [0.05, 0.1) is 12.3 Å². The zero-order chi connectivity index (χ0) is 23.8. The molecule has 33 heavy (non-hydrogen) atoms. The number of hydrogen-bond acceptors (Lipinski definition) is 4. The van der Waals surface area contributed by atoms with Gasteiger partial charge in [0.15, 0.2) is 0 Å². The maximum atomic E-state index is 15.6. The van der Waals surface area contributed by atoms with Gasteiger partial charge < -0.3 is 9.64 Å². The second kappa shape index (κ2) is 9.16. The second-order valence-corrected chi connectivity index (χ2v) is 11.0. The number of nitrogens with zero attached hydrogens (tertiary/aromatic N) is 1. The molecule has 0 unspecified atom stereocenters. The van der Waals surface area contributed by atoms with E-state index >= 15 is 4.39 Å². The first-order valence-corrected chi connectivity index (χ1v) is 13.3. The van der Waals surface area contributed by atoms with Gasteiger partial charge in [-0.15, -0.1) is 0 Å². The Morgan fingerprint density at radius 2 is 1.91 bits per heavy atom. The molecule has 1 amide bonds. The highest BCUT2D eigenvalue weighted by Gasteiger charge is 2.61. The highest BCUT2D eigenvalue weighted by atomic mass is 32.2. The third-order valence-corrected chi connectivity index (χ3v) is 7.49. The number of nitrogens with one attached hydrogen (secondary N) is 1. The van der Waals surface area contributed by atoms with Crippen molar-refractivity contribution < 1.29 is 22.3 Å². The summed E-state index contributed by atoms with van der Waals surface area (Å²) in [6, 6.07) is 13.6. The molecule has 6 nitrogen and oxygen atoms in total. The Hall–Kier alpha value is -2.29. The third kappa shape index (κ3) is 4.98. The maximum absolute atomic E-state index is 15.6. The average Bonchev–Trinajstić information content (AvgIpc) is 3.50. The Labute approximate surface area is 195 Å². The number of ether oxygens (including phenoxy) is 1. The average molecular weight is 475 g/mol. The van der Waals surface area contributed by atoms with E-state index in [4.69, 9.17) is 4.74 Å². The van der Waals surface area contributed by atoms with Crippen LogP contribution < -0.4 is 4.72 Å². The van der Waals surface area contributed by atoms with Crippen LogP contribution in [0.1, 0.15) is 32.3 Å². The van der Waals surface area contributed by atoms with Crippen LogP contribution >= 0.6 is 0 Å². The first-order valence-electron chi connectivity index (χ1n) is 11.4. The lowest BCUT2D eigenvalue weighted by Gasteiger charge is -2.31. The van der Waals surface area contributed by atoms with Crippen molar-refractivity contribution in [3.05, 3.63) is 59.9 Å². The molecule has 0 bridgehead atoms. The standard InChI is InChI=1S/C25H31FN2O4S/c1-4-32-17(2)24(29)28-16-25(13-14-25)23(27-33(3,30)31)21(28)15-19-11-8-12-20(22(19)26)18-9-6-5-7-10-18/h5-12,17,21,23,27H,4,13-16H2,1-3H3/t17-,21-,23+/m0/s1. The molecular weight excluding hydrogens is 443 g/mol. The van der Waals surface area contributed by atoms with E-state index in [2.05, 4.69) is 4.72 Å². The van der Waals surface area contributed by atoms with Crippen LogP contribution in [0.4, 0.5) is 4.39 Å². The molecule has 4 rings (SSSR count). The van der Waals surface area contributed by atoms with E-state index in [0.29, 0.717) is 24.3 Å². The van der Waals surface area contributed by atoms with Gasteiger partial charge in [0, 0.05) is 30.2 Å². The monoisotopic (exact) mass is 474 g/mol. The number of likely N-dealkylation sites (tertiary alicyclic amines) is 1. The SMILES string of the molecule is CCO[C@@H](C)C(=O)N1CC2(CC2)[C@H](NS(C)(=O)=O)[C@@H]1Cc1cccc(-c2ccccc2)c1F. The van der Waals surface area contributed by atoms with Crippen molar-refractivity contribution in [1.29, 1.82) is 0 Å². The maximum Gasteiger partial charge on any atom is 0.251 e. The van der Waals surface area contributed by atoms with E-state index in [9.17, 15) is 13.2 Å². The summed E-state index contributed by atoms with van der Waals surface area (Å²) in [5.74, 6) is -0.533. The Kier molecular flexibility index (Phi) is 6.62. The number of hydrogen-bond donors (Lipinski definition) is 1. The molecule has 1 spiro atoms. The van der Waals surface area contributed by atoms with Crippen LogP contribution in [0.15, 0.2) is 48.5 Å². The van der Waals surface area contributed by atoms with Gasteiger partial charge in [0.1, 0.15) is 11.9 Å². The van der Waals surface area contributed by atoms with Crippen molar-refractivity contribution in [2.24, 2.45) is 5.41 Å². The summed E-state index contributed by atoms with van der Waals surface area (Å²) in [6.45, 7) is 4.37. The summed E-state index contributed by atoms with van der Waals surface area (Å²) in [7, 11) is -3.52. The molecule has 0 radical (unpaired) electrons. The molecule has 2 aromatic carbocycles. The molecule has 2 aromatic rings. The van der Waals surface area contributed by atoms with Crippen LogP contribution in [0.5, 0.6) is 0 Å². The van der Waals surface area contributed by atoms with Crippen molar-refractivity contribution in [3.63, 3.8) is 0 Å². The molecule has 8 heteroatoms. The van der Waals surface area contributed by atoms with Crippen molar-refractivity contribution in [2.45, 2.75) is 51.3 Å². The predicted molar refractivity (Wildman–Crippen MR) is 126 cm³/mol. The van der Waals surface area contributed by atoms with Crippen LogP contribution in [-0.4, -0.2) is 56.8 Å². The van der Waals surface area contributed by atoms with Crippen LogP contribution in [0.3, 0.4) is 0 Å². The summed E-state index contributed by atoms with van der Waals surface area (Å²) in [4.78, 5) is 15.0. The fraction of sp³-hybridized carbons (Fsp3) is 0.480. The number of carbonyl (C=O) groups excluding carboxylic acids is 1. The lowest BCUT2D eigenvalue weighted by atomic mass is 9.91. The molecule has 1 saturated carbocycles. The summed E-state index contributed by atoms with van der Waals surface area (Å²) in [5.41, 5.74) is 1.41. The molecule has 178 valence electrons. The Balaban J connectivity index is 1.71.